The molecule has 2 aromatic rings. The van der Waals surface area contributed by atoms with Gasteiger partial charge in [-0.2, -0.15) is 0 Å². The van der Waals surface area contributed by atoms with Crippen molar-refractivity contribution in [2.24, 2.45) is 5.73 Å². The third kappa shape index (κ3) is 4.12. The molecular weight excluding hydrogens is 344 g/mol. The lowest BCUT2D eigenvalue weighted by Gasteiger charge is -2.31. The van der Waals surface area contributed by atoms with Crippen LogP contribution in [0.4, 0.5) is 5.69 Å². The van der Waals surface area contributed by atoms with E-state index in [1.54, 1.807) is 22.4 Å². The lowest BCUT2D eigenvalue weighted by Crippen LogP contribution is -2.41. The summed E-state index contributed by atoms with van der Waals surface area (Å²) in [6, 6.07) is 6.04. The summed E-state index contributed by atoms with van der Waals surface area (Å²) < 4.78 is 5.85. The monoisotopic (exact) mass is 362 g/mol. The van der Waals surface area contributed by atoms with Crippen molar-refractivity contribution < 1.29 is 14.5 Å². The number of carbonyl (C=O) groups excluding carboxylic acids is 1. The predicted molar refractivity (Wildman–Crippen MR) is 92.7 cm³/mol. The number of carbonyl (C=O) groups is 1. The van der Waals surface area contributed by atoms with Crippen LogP contribution in [0.15, 0.2) is 29.6 Å². The van der Waals surface area contributed by atoms with Crippen molar-refractivity contribution >= 4 is 22.9 Å². The number of hydrogen-bond donors (Lipinski definition) is 1. The Morgan fingerprint density at radius 1 is 1.36 bits per heavy atom. The number of non-ortho nitro benzene ring substituents is 1. The number of rotatable bonds is 5. The number of nitro groups is 1. The Labute approximate surface area is 148 Å². The highest BCUT2D eigenvalue weighted by Gasteiger charge is 2.26. The Morgan fingerprint density at radius 3 is 2.60 bits per heavy atom. The maximum absolute atomic E-state index is 12.4. The molecule has 132 valence electrons. The van der Waals surface area contributed by atoms with Gasteiger partial charge in [-0.15, -0.1) is 11.3 Å². The van der Waals surface area contributed by atoms with E-state index in [4.69, 9.17) is 10.5 Å². The number of nitrogens with zero attached hydrogens (tertiary/aromatic N) is 3. The van der Waals surface area contributed by atoms with Crippen molar-refractivity contribution in [1.29, 1.82) is 0 Å². The van der Waals surface area contributed by atoms with E-state index in [9.17, 15) is 14.9 Å². The van der Waals surface area contributed by atoms with Crippen LogP contribution in [0.3, 0.4) is 0 Å². The number of nitrogens with two attached hydrogens (primary N) is 1. The summed E-state index contributed by atoms with van der Waals surface area (Å²) in [5.41, 5.74) is 6.01. The van der Waals surface area contributed by atoms with Crippen molar-refractivity contribution in [2.75, 3.05) is 13.1 Å². The van der Waals surface area contributed by atoms with E-state index in [1.807, 2.05) is 0 Å². The van der Waals surface area contributed by atoms with E-state index < -0.39 is 4.92 Å². The van der Waals surface area contributed by atoms with Gasteiger partial charge < -0.3 is 15.4 Å². The molecular formula is C16H18N4O4S. The molecule has 3 rings (SSSR count). The summed E-state index contributed by atoms with van der Waals surface area (Å²) in [6.07, 6.45) is 1.40. The van der Waals surface area contributed by atoms with Crippen LogP contribution in [0.2, 0.25) is 0 Å². The second-order valence-corrected chi connectivity index (χ2v) is 6.63. The number of hydrogen-bond acceptors (Lipinski definition) is 7. The second kappa shape index (κ2) is 7.58. The minimum Gasteiger partial charge on any atom is -0.490 e. The predicted octanol–water partition coefficient (Wildman–Crippen LogP) is 2.19. The summed E-state index contributed by atoms with van der Waals surface area (Å²) in [5.74, 6) is 0.521. The number of thiazole rings is 1. The maximum atomic E-state index is 12.4. The first-order valence-electron chi connectivity index (χ1n) is 7.91. The molecule has 2 N–H and O–H groups in total. The first-order valence-corrected chi connectivity index (χ1v) is 8.79. The average molecular weight is 362 g/mol. The molecule has 1 saturated heterocycles. The summed E-state index contributed by atoms with van der Waals surface area (Å²) >= 11 is 1.39. The van der Waals surface area contributed by atoms with E-state index in [0.717, 1.165) is 5.01 Å². The minimum absolute atomic E-state index is 0.0134. The molecule has 0 bridgehead atoms. The second-order valence-electron chi connectivity index (χ2n) is 5.69. The maximum Gasteiger partial charge on any atom is 0.273 e. The molecule has 0 saturated carbocycles. The van der Waals surface area contributed by atoms with Crippen LogP contribution in [0.5, 0.6) is 5.75 Å². The van der Waals surface area contributed by atoms with E-state index in [0.29, 0.717) is 43.9 Å². The normalized spacial score (nSPS) is 15.2. The summed E-state index contributed by atoms with van der Waals surface area (Å²) in [7, 11) is 0. The van der Waals surface area contributed by atoms with Crippen LogP contribution in [0.25, 0.3) is 0 Å². The van der Waals surface area contributed by atoms with Crippen LogP contribution in [-0.2, 0) is 6.54 Å². The lowest BCUT2D eigenvalue weighted by molar-refractivity contribution is -0.384. The number of ether oxygens (including phenoxy) is 1. The molecule has 0 spiro atoms. The van der Waals surface area contributed by atoms with Gasteiger partial charge in [0.2, 0.25) is 0 Å². The van der Waals surface area contributed by atoms with Gasteiger partial charge in [0.1, 0.15) is 22.6 Å². The molecule has 1 aromatic carbocycles. The molecule has 25 heavy (non-hydrogen) atoms. The number of likely N-dealkylation sites (tertiary alicyclic amines) is 1. The summed E-state index contributed by atoms with van der Waals surface area (Å²) in [6.45, 7) is 1.51. The topological polar surface area (TPSA) is 112 Å². The third-order valence-electron chi connectivity index (χ3n) is 4.02. The van der Waals surface area contributed by atoms with E-state index >= 15 is 0 Å². The Morgan fingerprint density at radius 2 is 2.04 bits per heavy atom. The zero-order valence-corrected chi connectivity index (χ0v) is 14.3. The molecule has 1 amide bonds. The highest BCUT2D eigenvalue weighted by Crippen LogP contribution is 2.23. The molecule has 2 heterocycles. The summed E-state index contributed by atoms with van der Waals surface area (Å²) in [4.78, 5) is 28.6. The Hall–Kier alpha value is -2.52. The molecule has 1 aromatic heterocycles. The van der Waals surface area contributed by atoms with Crippen molar-refractivity contribution in [2.45, 2.75) is 25.5 Å². The lowest BCUT2D eigenvalue weighted by atomic mass is 10.1. The molecule has 0 aliphatic carbocycles. The Kier molecular flexibility index (Phi) is 5.25. The zero-order valence-electron chi connectivity index (χ0n) is 13.5. The number of benzene rings is 1. The molecule has 0 radical (unpaired) electrons. The first kappa shape index (κ1) is 17.3. The molecule has 8 nitrogen and oxygen atoms in total. The van der Waals surface area contributed by atoms with E-state index in [1.165, 1.54) is 23.5 Å². The van der Waals surface area contributed by atoms with Crippen molar-refractivity contribution in [1.82, 2.24) is 9.88 Å². The van der Waals surface area contributed by atoms with Crippen molar-refractivity contribution in [3.8, 4) is 5.75 Å². The summed E-state index contributed by atoms with van der Waals surface area (Å²) in [5, 5.41) is 13.1. The number of aromatic nitrogens is 1. The van der Waals surface area contributed by atoms with Gasteiger partial charge in [0.15, 0.2) is 0 Å². The molecule has 1 fully saturated rings. The van der Waals surface area contributed by atoms with Crippen LogP contribution in [0.1, 0.15) is 28.3 Å². The third-order valence-corrected chi connectivity index (χ3v) is 4.90. The smallest absolute Gasteiger partial charge is 0.273 e. The molecule has 0 unspecified atom stereocenters. The highest BCUT2D eigenvalue weighted by molar-refractivity contribution is 7.09. The highest BCUT2D eigenvalue weighted by atomic mass is 32.1. The van der Waals surface area contributed by atoms with Crippen molar-refractivity contribution in [3.63, 3.8) is 0 Å². The SMILES string of the molecule is NCc1nc(C(=O)N2CCC(Oc3ccc([N+](=O)[O-])cc3)CC2)cs1. The average Bonchev–Trinajstić information content (AvgIpc) is 3.11. The number of amides is 1. The molecule has 1 aliphatic rings. The van der Waals surface area contributed by atoms with Crippen molar-refractivity contribution in [3.05, 3.63) is 50.5 Å². The van der Waals surface area contributed by atoms with Crippen LogP contribution in [-0.4, -0.2) is 39.9 Å². The first-order chi connectivity index (χ1) is 12.1. The molecule has 1 aliphatic heterocycles. The van der Waals surface area contributed by atoms with Gasteiger partial charge in [-0.3, -0.25) is 14.9 Å². The molecule has 9 heteroatoms. The van der Waals surface area contributed by atoms with Gasteiger partial charge in [-0.05, 0) is 12.1 Å². The van der Waals surface area contributed by atoms with Gasteiger partial charge in [-0.25, -0.2) is 4.98 Å². The fourth-order valence-electron chi connectivity index (χ4n) is 2.68. The Bertz CT molecular complexity index is 754. The van der Waals surface area contributed by atoms with Gasteiger partial charge in [-0.1, -0.05) is 0 Å². The van der Waals surface area contributed by atoms with Gasteiger partial charge in [0, 0.05) is 50.0 Å². The standard InChI is InChI=1S/C16H18N4O4S/c17-9-15-18-14(10-25-15)16(21)19-7-5-13(6-8-19)24-12-3-1-11(2-4-12)20(22)23/h1-4,10,13H,5-9,17H2. The van der Waals surface area contributed by atoms with Crippen LogP contribution < -0.4 is 10.5 Å². The van der Waals surface area contributed by atoms with Gasteiger partial charge in [0.05, 0.1) is 4.92 Å². The minimum atomic E-state index is -0.442. The van der Waals surface area contributed by atoms with Gasteiger partial charge >= 0.3 is 0 Å². The van der Waals surface area contributed by atoms with E-state index in [2.05, 4.69) is 4.98 Å². The quantitative estimate of drug-likeness (QED) is 0.644. The number of nitro benzene ring substituents is 1. The number of piperidine rings is 1. The van der Waals surface area contributed by atoms with Crippen LogP contribution in [0, 0.1) is 10.1 Å². The van der Waals surface area contributed by atoms with Crippen LogP contribution >= 0.6 is 11.3 Å². The fraction of sp³-hybridized carbons (Fsp3) is 0.375. The fourth-order valence-corrected chi connectivity index (χ4v) is 3.33. The Balaban J connectivity index is 1.53. The van der Waals surface area contributed by atoms with Gasteiger partial charge in [0.25, 0.3) is 11.6 Å². The largest absolute Gasteiger partial charge is 0.490 e. The zero-order chi connectivity index (χ0) is 17.8. The van der Waals surface area contributed by atoms with E-state index in [-0.39, 0.29) is 17.7 Å². The molecule has 0 atom stereocenters.